The van der Waals surface area contributed by atoms with E-state index in [4.69, 9.17) is 0 Å². The van der Waals surface area contributed by atoms with Crippen LogP contribution in [0.4, 0.5) is 0 Å². The number of fused-ring (bicyclic) bond motifs is 2. The summed E-state index contributed by atoms with van der Waals surface area (Å²) in [6.45, 7) is 23.8. The first kappa shape index (κ1) is 23.3. The maximum Gasteiger partial charge on any atom is 0.0642 e. The molecule has 4 rings (SSSR count). The molecular weight excluding hydrogens is 388 g/mol. The van der Waals surface area contributed by atoms with Crippen LogP contribution in [0.5, 0.6) is 0 Å². The summed E-state index contributed by atoms with van der Waals surface area (Å²) in [5.74, 6) is 10.1. The minimum atomic E-state index is -1.97. The van der Waals surface area contributed by atoms with Gasteiger partial charge in [0, 0.05) is 23.7 Å². The molecule has 2 fully saturated rings. The zero-order valence-corrected chi connectivity index (χ0v) is 22.1. The molecule has 2 saturated carbocycles. The van der Waals surface area contributed by atoms with E-state index in [2.05, 4.69) is 106 Å². The third-order valence-electron chi connectivity index (χ3n) is 7.50. The van der Waals surface area contributed by atoms with Crippen molar-refractivity contribution in [2.75, 3.05) is 0 Å². The normalized spacial score (nSPS) is 26.5. The molecule has 4 aliphatic carbocycles. The molecule has 1 heteroatoms. The van der Waals surface area contributed by atoms with Crippen LogP contribution in [0.1, 0.15) is 55.4 Å². The Morgan fingerprint density at radius 3 is 1.26 bits per heavy atom. The predicted octanol–water partition coefficient (Wildman–Crippen LogP) is 7.93. The standard InChI is InChI=1S/C30H38Si/c1-17(2)23-13-11-19(5)25-15-21(7)29(27(23)25)31(9,10)30-22(8)16-26-20(6)12-14-24(18(3)4)28(26)30/h11-18H,1-10H3. The van der Waals surface area contributed by atoms with Crippen molar-refractivity contribution in [3.05, 3.63) is 106 Å². The zero-order chi connectivity index (χ0) is 22.8. The fourth-order valence-electron chi connectivity index (χ4n) is 6.08. The van der Waals surface area contributed by atoms with Crippen LogP contribution in [0.2, 0.25) is 13.1 Å². The van der Waals surface area contributed by atoms with Gasteiger partial charge in [-0.3, -0.25) is 0 Å². The minimum Gasteiger partial charge on any atom is -0.0684 e. The first-order valence-corrected chi connectivity index (χ1v) is 14.9. The van der Waals surface area contributed by atoms with E-state index in [0.717, 1.165) is 0 Å². The van der Waals surface area contributed by atoms with Crippen molar-refractivity contribution in [3.63, 3.8) is 0 Å². The lowest BCUT2D eigenvalue weighted by atomic mass is 9.76. The second-order valence-corrected chi connectivity index (χ2v) is 15.1. The van der Waals surface area contributed by atoms with E-state index in [9.17, 15) is 0 Å². The second kappa shape index (κ2) is 8.19. The van der Waals surface area contributed by atoms with E-state index < -0.39 is 8.07 Å². The molecule has 10 radical (unpaired) electrons. The molecule has 0 heterocycles. The average molecular weight is 427 g/mol. The summed E-state index contributed by atoms with van der Waals surface area (Å²) in [7, 11) is -1.97. The van der Waals surface area contributed by atoms with E-state index in [0.29, 0.717) is 11.8 Å². The summed E-state index contributed by atoms with van der Waals surface area (Å²) in [5, 5.41) is 0. The third kappa shape index (κ3) is 3.62. The summed E-state index contributed by atoms with van der Waals surface area (Å²) in [6.07, 6.45) is 14.3. The van der Waals surface area contributed by atoms with Gasteiger partial charge < -0.3 is 0 Å². The predicted molar refractivity (Wildman–Crippen MR) is 137 cm³/mol. The van der Waals surface area contributed by atoms with Crippen molar-refractivity contribution in [1.82, 2.24) is 0 Å². The van der Waals surface area contributed by atoms with E-state index in [1.807, 2.05) is 0 Å². The van der Waals surface area contributed by atoms with Crippen molar-refractivity contribution < 1.29 is 0 Å². The van der Waals surface area contributed by atoms with Crippen molar-refractivity contribution in [2.45, 2.75) is 68.5 Å². The minimum absolute atomic E-state index is 0.527. The van der Waals surface area contributed by atoms with Gasteiger partial charge in [-0.2, -0.15) is 0 Å². The molecule has 0 bridgehead atoms. The van der Waals surface area contributed by atoms with Crippen LogP contribution in [-0.2, 0) is 0 Å². The molecule has 0 atom stereocenters. The molecule has 0 aliphatic heterocycles. The van der Waals surface area contributed by atoms with Crippen LogP contribution < -0.4 is 0 Å². The Bertz CT molecular complexity index is 764. The van der Waals surface area contributed by atoms with Gasteiger partial charge in [-0.25, -0.2) is 0 Å². The highest BCUT2D eigenvalue weighted by molar-refractivity contribution is 6.90. The summed E-state index contributed by atoms with van der Waals surface area (Å²) in [5.41, 5.74) is 9.14. The Morgan fingerprint density at radius 2 is 0.935 bits per heavy atom. The lowest BCUT2D eigenvalue weighted by Gasteiger charge is -2.47. The number of allylic oxidation sites excluding steroid dienone is 8. The highest BCUT2D eigenvalue weighted by Crippen LogP contribution is 2.66. The van der Waals surface area contributed by atoms with Gasteiger partial charge in [-0.05, 0) is 61.4 Å². The molecule has 0 aromatic heterocycles. The van der Waals surface area contributed by atoms with Crippen molar-refractivity contribution in [1.29, 1.82) is 0 Å². The quantitative estimate of drug-likeness (QED) is 0.400. The molecule has 31 heavy (non-hydrogen) atoms. The smallest absolute Gasteiger partial charge is 0.0642 e. The van der Waals surface area contributed by atoms with Gasteiger partial charge in [-0.1, -0.05) is 101 Å². The summed E-state index contributed by atoms with van der Waals surface area (Å²) < 4.78 is 0. The van der Waals surface area contributed by atoms with Gasteiger partial charge in [-0.15, -0.1) is 0 Å². The van der Waals surface area contributed by atoms with Crippen LogP contribution in [0.15, 0.2) is 46.6 Å². The molecule has 0 saturated heterocycles. The highest BCUT2D eigenvalue weighted by atomic mass is 28.3. The molecule has 0 spiro atoms. The van der Waals surface area contributed by atoms with Gasteiger partial charge in [0.2, 0.25) is 0 Å². The van der Waals surface area contributed by atoms with Crippen LogP contribution in [0.25, 0.3) is 0 Å². The van der Waals surface area contributed by atoms with Gasteiger partial charge >= 0.3 is 0 Å². The Labute approximate surface area is 194 Å². The molecule has 4 aliphatic rings. The SMILES string of the molecule is C[C]1[CH][C]2[C]([C]1[Si](C)(C)[C]1[C](C)[CH][C]3[C]1C(C(C)C)=CC=C3C)C(C(C)C)=CC=C2C. The Balaban J connectivity index is 1.77. The molecule has 0 N–H and O–H groups in total. The lowest BCUT2D eigenvalue weighted by molar-refractivity contribution is 0.738. The van der Waals surface area contributed by atoms with E-state index in [1.165, 1.54) is 46.0 Å². The van der Waals surface area contributed by atoms with Gasteiger partial charge in [0.1, 0.15) is 0 Å². The maximum absolute atomic E-state index is 2.59. The molecule has 0 aromatic rings. The number of hydrogen-bond donors (Lipinski definition) is 0. The van der Waals surface area contributed by atoms with E-state index >= 15 is 0 Å². The first-order valence-electron chi connectivity index (χ1n) is 11.9. The van der Waals surface area contributed by atoms with E-state index in [1.54, 1.807) is 22.9 Å². The third-order valence-corrected chi connectivity index (χ3v) is 11.3. The van der Waals surface area contributed by atoms with Gasteiger partial charge in [0.25, 0.3) is 0 Å². The molecule has 0 aromatic carbocycles. The van der Waals surface area contributed by atoms with Gasteiger partial charge in [0.05, 0.1) is 8.07 Å². The summed E-state index contributed by atoms with van der Waals surface area (Å²) >= 11 is 0. The van der Waals surface area contributed by atoms with Crippen LogP contribution in [0, 0.1) is 71.3 Å². The fourth-order valence-corrected chi connectivity index (χ4v) is 10.3. The van der Waals surface area contributed by atoms with Crippen molar-refractivity contribution in [3.8, 4) is 0 Å². The highest BCUT2D eigenvalue weighted by Gasteiger charge is 2.61. The molecule has 0 amide bonds. The summed E-state index contributed by atoms with van der Waals surface area (Å²) in [4.78, 5) is 0. The number of hydrogen-bond acceptors (Lipinski definition) is 0. The monoisotopic (exact) mass is 426 g/mol. The van der Waals surface area contributed by atoms with Crippen LogP contribution in [-0.4, -0.2) is 8.07 Å². The molecule has 0 unspecified atom stereocenters. The molecular formula is C30H38Si. The Kier molecular flexibility index (Phi) is 6.17. The maximum atomic E-state index is 2.59. The zero-order valence-electron chi connectivity index (χ0n) is 21.1. The Hall–Kier alpha value is -0.823. The topological polar surface area (TPSA) is 0 Å². The van der Waals surface area contributed by atoms with E-state index in [-0.39, 0.29) is 0 Å². The molecule has 162 valence electrons. The number of rotatable bonds is 4. The van der Waals surface area contributed by atoms with Gasteiger partial charge in [0.15, 0.2) is 0 Å². The first-order chi connectivity index (χ1) is 14.5. The average Bonchev–Trinajstić information content (AvgIpc) is 3.20. The molecule has 0 nitrogen and oxygen atoms in total. The Morgan fingerprint density at radius 1 is 0.581 bits per heavy atom. The van der Waals surface area contributed by atoms with Crippen molar-refractivity contribution >= 4 is 8.07 Å². The van der Waals surface area contributed by atoms with Crippen molar-refractivity contribution in [2.24, 2.45) is 11.8 Å². The van der Waals surface area contributed by atoms with Crippen LogP contribution in [0.3, 0.4) is 0 Å². The second-order valence-electron chi connectivity index (χ2n) is 10.9. The lowest BCUT2D eigenvalue weighted by Crippen LogP contribution is -2.49. The van der Waals surface area contributed by atoms with Crippen LogP contribution >= 0.6 is 0 Å². The largest absolute Gasteiger partial charge is 0.0684 e. The fraction of sp³-hybridized carbons (Fsp3) is 0.400. The summed E-state index contributed by atoms with van der Waals surface area (Å²) in [6, 6.07) is 0.